The van der Waals surface area contributed by atoms with Gasteiger partial charge in [0.15, 0.2) is 0 Å². The van der Waals surface area contributed by atoms with Crippen molar-refractivity contribution in [2.75, 3.05) is 42.1 Å². The summed E-state index contributed by atoms with van der Waals surface area (Å²) in [6, 6.07) is 14.6. The average molecular weight is 463 g/mol. The van der Waals surface area contributed by atoms with Gasteiger partial charge < -0.3 is 15.5 Å². The minimum Gasteiger partial charge on any atom is -0.369 e. The summed E-state index contributed by atoms with van der Waals surface area (Å²) in [5, 5.41) is 7.97. The number of aromatic nitrogens is 2. The third kappa shape index (κ3) is 4.17. The second-order valence-corrected chi connectivity index (χ2v) is 11.8. The summed E-state index contributed by atoms with van der Waals surface area (Å²) in [5.74, 6) is 2.70. The predicted molar refractivity (Wildman–Crippen MR) is 133 cm³/mol. The van der Waals surface area contributed by atoms with E-state index in [4.69, 9.17) is 14.3 Å². The van der Waals surface area contributed by atoms with Crippen LogP contribution >= 0.6 is 0 Å². The lowest BCUT2D eigenvalue weighted by molar-refractivity contribution is 0.365. The molecule has 2 aliphatic heterocycles. The van der Waals surface area contributed by atoms with Crippen LogP contribution in [0.2, 0.25) is 0 Å². The maximum Gasteiger partial charge on any atom is 0.228 e. The quantitative estimate of drug-likeness (QED) is 0.603. The number of rotatable bonds is 5. The van der Waals surface area contributed by atoms with E-state index in [1.54, 1.807) is 0 Å². The maximum absolute atomic E-state index is 14.0. The fraction of sp³-hybridized carbons (Fsp3) is 0.440. The van der Waals surface area contributed by atoms with Gasteiger partial charge in [-0.25, -0.2) is 13.6 Å². The van der Waals surface area contributed by atoms with Crippen LogP contribution in [0.5, 0.6) is 0 Å². The highest BCUT2D eigenvalue weighted by Gasteiger charge is 2.30. The van der Waals surface area contributed by atoms with Gasteiger partial charge in [-0.2, -0.15) is 4.98 Å². The molecule has 172 valence electrons. The van der Waals surface area contributed by atoms with Gasteiger partial charge in [-0.15, -0.1) is 0 Å². The molecule has 1 unspecified atom stereocenters. The lowest BCUT2D eigenvalue weighted by Crippen LogP contribution is -2.45. The van der Waals surface area contributed by atoms with Crippen LogP contribution in [-0.2, 0) is 16.3 Å². The monoisotopic (exact) mass is 462 g/mol. The Hall–Kier alpha value is -2.71. The van der Waals surface area contributed by atoms with Crippen molar-refractivity contribution < 1.29 is 4.21 Å². The second-order valence-electron chi connectivity index (χ2n) is 9.51. The third-order valence-corrected chi connectivity index (χ3v) is 9.19. The molecular weight excluding hydrogens is 432 g/mol. The minimum atomic E-state index is -2.43. The van der Waals surface area contributed by atoms with Crippen LogP contribution in [0.1, 0.15) is 24.0 Å². The molecule has 3 heterocycles. The maximum atomic E-state index is 14.0. The molecular formula is C25H30N6OS. The summed E-state index contributed by atoms with van der Waals surface area (Å²) in [5.41, 5.74) is 3.19. The Bertz CT molecular complexity index is 1320. The van der Waals surface area contributed by atoms with Crippen molar-refractivity contribution >= 4 is 32.4 Å². The highest BCUT2D eigenvalue weighted by molar-refractivity contribution is 7.93. The highest BCUT2D eigenvalue weighted by atomic mass is 32.2. The summed E-state index contributed by atoms with van der Waals surface area (Å²) in [6.07, 6.45) is 2.11. The van der Waals surface area contributed by atoms with E-state index in [1.807, 2.05) is 18.2 Å². The van der Waals surface area contributed by atoms with E-state index < -0.39 is 9.73 Å². The number of nitrogens with one attached hydrogen (secondary N) is 2. The lowest BCUT2D eigenvalue weighted by Gasteiger charge is -2.28. The zero-order valence-electron chi connectivity index (χ0n) is 19.0. The van der Waals surface area contributed by atoms with Crippen molar-refractivity contribution in [1.82, 2.24) is 15.3 Å². The van der Waals surface area contributed by atoms with Crippen molar-refractivity contribution in [1.29, 1.82) is 0 Å². The van der Waals surface area contributed by atoms with Gasteiger partial charge >= 0.3 is 0 Å². The topological polar surface area (TPSA) is 82.5 Å². The molecule has 3 aromatic rings. The number of hydrogen-bond donors (Lipinski definition) is 2. The van der Waals surface area contributed by atoms with Crippen LogP contribution in [0, 0.1) is 12.8 Å². The fourth-order valence-corrected chi connectivity index (χ4v) is 6.95. The van der Waals surface area contributed by atoms with Gasteiger partial charge in [-0.1, -0.05) is 29.8 Å². The summed E-state index contributed by atoms with van der Waals surface area (Å²) in [6.45, 7) is 6.33. The van der Waals surface area contributed by atoms with Crippen LogP contribution < -0.4 is 15.5 Å². The van der Waals surface area contributed by atoms with E-state index in [0.717, 1.165) is 59.7 Å². The van der Waals surface area contributed by atoms with E-state index >= 15 is 0 Å². The van der Waals surface area contributed by atoms with Crippen LogP contribution in [-0.4, -0.2) is 52.2 Å². The zero-order chi connectivity index (χ0) is 22.4. The summed E-state index contributed by atoms with van der Waals surface area (Å²) >= 11 is 0. The number of benzene rings is 2. The van der Waals surface area contributed by atoms with Crippen molar-refractivity contribution in [2.24, 2.45) is 10.3 Å². The van der Waals surface area contributed by atoms with E-state index in [1.165, 1.54) is 5.56 Å². The van der Waals surface area contributed by atoms with Crippen LogP contribution in [0.15, 0.2) is 51.7 Å². The van der Waals surface area contributed by atoms with Crippen molar-refractivity contribution in [3.05, 3.63) is 53.6 Å². The largest absolute Gasteiger partial charge is 0.369 e. The molecule has 2 aromatic carbocycles. The number of aryl methyl sites for hydroxylation is 1. The van der Waals surface area contributed by atoms with Gasteiger partial charge in [0.25, 0.3) is 0 Å². The molecule has 2 N–H and O–H groups in total. The van der Waals surface area contributed by atoms with Gasteiger partial charge in [-0.05, 0) is 43.5 Å². The number of nitrogens with zero attached hydrogens (tertiary/aromatic N) is 4. The van der Waals surface area contributed by atoms with E-state index in [9.17, 15) is 4.21 Å². The van der Waals surface area contributed by atoms with Gasteiger partial charge in [0.2, 0.25) is 5.95 Å². The molecule has 33 heavy (non-hydrogen) atoms. The first-order chi connectivity index (χ1) is 16.1. The molecule has 0 amide bonds. The van der Waals surface area contributed by atoms with Gasteiger partial charge in [0, 0.05) is 44.0 Å². The Balaban J connectivity index is 1.39. The molecule has 3 aliphatic rings. The van der Waals surface area contributed by atoms with Crippen molar-refractivity contribution in [2.45, 2.75) is 37.2 Å². The average Bonchev–Trinajstić information content (AvgIpc) is 3.60. The molecule has 8 heteroatoms. The standard InChI is InChI=1S/C25H30N6OS/c1-17-6-9-22-21(12-17)24(27-15-18-13-26-14-18)29-25(28-22)31-10-11-33(32,30-20-7-8-20)23-5-3-2-4-19(23)16-31/h2-6,9,12,18,20,26H,7-8,10-11,13-16H2,1H3,(H,27,28,29). The Morgan fingerprint density at radius 3 is 2.82 bits per heavy atom. The molecule has 0 spiro atoms. The molecule has 2 fully saturated rings. The lowest BCUT2D eigenvalue weighted by atomic mass is 10.0. The first kappa shape index (κ1) is 20.9. The van der Waals surface area contributed by atoms with Gasteiger partial charge in [0.1, 0.15) is 5.82 Å². The molecule has 1 aromatic heterocycles. The van der Waals surface area contributed by atoms with Gasteiger partial charge in [-0.3, -0.25) is 0 Å². The van der Waals surface area contributed by atoms with Crippen molar-refractivity contribution in [3.8, 4) is 0 Å². The van der Waals surface area contributed by atoms with E-state index in [-0.39, 0.29) is 6.04 Å². The van der Waals surface area contributed by atoms with Crippen LogP contribution in [0.4, 0.5) is 11.8 Å². The van der Waals surface area contributed by atoms with E-state index in [2.05, 4.69) is 46.7 Å². The summed E-state index contributed by atoms with van der Waals surface area (Å²) < 4.78 is 18.7. The van der Waals surface area contributed by atoms with Crippen LogP contribution in [0.3, 0.4) is 0 Å². The number of fused-ring (bicyclic) bond motifs is 2. The zero-order valence-corrected chi connectivity index (χ0v) is 19.8. The Morgan fingerprint density at radius 1 is 1.18 bits per heavy atom. The first-order valence-electron chi connectivity index (χ1n) is 11.9. The molecule has 1 aliphatic carbocycles. The molecule has 0 radical (unpaired) electrons. The molecule has 1 atom stereocenters. The van der Waals surface area contributed by atoms with Crippen LogP contribution in [0.25, 0.3) is 10.9 Å². The second kappa shape index (κ2) is 8.25. The predicted octanol–water partition coefficient (Wildman–Crippen LogP) is 3.58. The first-order valence-corrected chi connectivity index (χ1v) is 13.6. The molecule has 7 nitrogen and oxygen atoms in total. The van der Waals surface area contributed by atoms with Crippen molar-refractivity contribution in [3.63, 3.8) is 0 Å². The summed E-state index contributed by atoms with van der Waals surface area (Å²) in [7, 11) is -2.43. The highest BCUT2D eigenvalue weighted by Crippen LogP contribution is 2.33. The molecule has 1 saturated carbocycles. The molecule has 6 rings (SSSR count). The number of hydrogen-bond acceptors (Lipinski definition) is 7. The Morgan fingerprint density at radius 2 is 2.03 bits per heavy atom. The smallest absolute Gasteiger partial charge is 0.228 e. The molecule has 1 saturated heterocycles. The minimum absolute atomic E-state index is 0.258. The number of anilines is 2. The Kier molecular flexibility index (Phi) is 5.22. The van der Waals surface area contributed by atoms with E-state index in [0.29, 0.717) is 30.7 Å². The summed E-state index contributed by atoms with van der Waals surface area (Å²) in [4.78, 5) is 13.0. The third-order valence-electron chi connectivity index (χ3n) is 6.73. The Labute approximate surface area is 195 Å². The fourth-order valence-electron chi connectivity index (χ4n) is 4.52. The molecule has 0 bridgehead atoms. The van der Waals surface area contributed by atoms with Gasteiger partial charge in [0.05, 0.1) is 31.9 Å². The SMILES string of the molecule is Cc1ccc2nc(N3CCS(=O)(=NC4CC4)c4ccccc4C3)nc(NCC3CNC3)c2c1. The normalized spacial score (nSPS) is 23.0.